The predicted molar refractivity (Wildman–Crippen MR) is 69.2 cm³/mol. The van der Waals surface area contributed by atoms with Gasteiger partial charge in [0.2, 0.25) is 15.0 Å². The van der Waals surface area contributed by atoms with Crippen LogP contribution >= 0.6 is 0 Å². The first-order valence-electron chi connectivity index (χ1n) is 6.59. The molecule has 1 atom stereocenters. The maximum atomic E-state index is 12.5. The zero-order valence-corrected chi connectivity index (χ0v) is 11.8. The zero-order valence-electron chi connectivity index (χ0n) is 12.0. The van der Waals surface area contributed by atoms with Crippen molar-refractivity contribution in [1.82, 2.24) is 9.97 Å². The first kappa shape index (κ1) is 13.9. The molecule has 1 aromatic heterocycles. The Balaban J connectivity index is 3.26. The summed E-state index contributed by atoms with van der Waals surface area (Å²) in [5.41, 5.74) is 0. The van der Waals surface area contributed by atoms with Gasteiger partial charge in [0, 0.05) is 12.4 Å². The van der Waals surface area contributed by atoms with Crippen LogP contribution in [0.3, 0.4) is 0 Å². The number of aromatic nitrogens is 2. The van der Waals surface area contributed by atoms with Gasteiger partial charge in [0.25, 0.3) is 0 Å². The van der Waals surface area contributed by atoms with Crippen molar-refractivity contribution < 1.29 is 19.3 Å². The van der Waals surface area contributed by atoms with Crippen LogP contribution in [-0.4, -0.2) is 36.2 Å². The molecule has 0 saturated carbocycles. The van der Waals surface area contributed by atoms with Gasteiger partial charge in [0.1, 0.15) is 0 Å². The van der Waals surface area contributed by atoms with E-state index in [4.69, 9.17) is 6.11 Å². The smallest absolute Gasteiger partial charge is 0.324 e. The monoisotopic (exact) mass is 287 g/mol. The molecule has 0 aliphatic carbocycles. The van der Waals surface area contributed by atoms with E-state index in [-0.39, 0.29) is 13.0 Å². The minimum atomic E-state index is -4.32. The standard InChI is InChI=1S/C12H18N2O4S/c1-3-5-7-10(11(15)18-4-2)19(16,17)12-13-8-6-9-14-12/h6,8-10H,3-5,7H2,1-2H3/i10D. The third-order valence-corrected chi connectivity index (χ3v) is 4.08. The molecular formula is C12H18N2O4S. The lowest BCUT2D eigenvalue weighted by molar-refractivity contribution is -0.142. The van der Waals surface area contributed by atoms with Crippen molar-refractivity contribution >= 4 is 15.8 Å². The maximum absolute atomic E-state index is 12.5. The van der Waals surface area contributed by atoms with Crippen molar-refractivity contribution in [1.29, 1.82) is 0 Å². The van der Waals surface area contributed by atoms with Crippen molar-refractivity contribution in [2.45, 2.75) is 43.5 Å². The molecule has 106 valence electrons. The number of esters is 1. The van der Waals surface area contributed by atoms with Crippen LogP contribution < -0.4 is 0 Å². The van der Waals surface area contributed by atoms with Crippen LogP contribution in [0.25, 0.3) is 0 Å². The van der Waals surface area contributed by atoms with E-state index in [1.165, 1.54) is 18.5 Å². The average Bonchev–Trinajstić information content (AvgIpc) is 2.45. The van der Waals surface area contributed by atoms with Gasteiger partial charge in [-0.25, -0.2) is 18.4 Å². The molecule has 6 nitrogen and oxygen atoms in total. The Morgan fingerprint density at radius 3 is 2.58 bits per heavy atom. The van der Waals surface area contributed by atoms with Crippen LogP contribution in [0.4, 0.5) is 0 Å². The van der Waals surface area contributed by atoms with E-state index in [2.05, 4.69) is 9.97 Å². The maximum Gasteiger partial charge on any atom is 0.324 e. The second kappa shape index (κ2) is 7.18. The SMILES string of the molecule is [2H]C(CCCC)(C(=O)OCC)S(=O)(=O)c1ncccn1. The number of ether oxygens (including phenoxy) is 1. The van der Waals surface area contributed by atoms with Gasteiger partial charge < -0.3 is 4.74 Å². The molecule has 1 rings (SSSR count). The van der Waals surface area contributed by atoms with Crippen molar-refractivity contribution in [3.8, 4) is 0 Å². The molecule has 19 heavy (non-hydrogen) atoms. The summed E-state index contributed by atoms with van der Waals surface area (Å²) in [5, 5.41) is -2.93. The van der Waals surface area contributed by atoms with Gasteiger partial charge >= 0.3 is 5.97 Å². The highest BCUT2D eigenvalue weighted by Crippen LogP contribution is 2.18. The summed E-state index contributed by atoms with van der Waals surface area (Å²) >= 11 is 0. The molecule has 0 spiro atoms. The Morgan fingerprint density at radius 2 is 2.05 bits per heavy atom. The second-order valence-corrected chi connectivity index (χ2v) is 5.65. The highest BCUT2D eigenvalue weighted by atomic mass is 32.2. The van der Waals surface area contributed by atoms with E-state index in [1.807, 2.05) is 6.92 Å². The van der Waals surface area contributed by atoms with Gasteiger partial charge in [0.05, 0.1) is 7.98 Å². The summed E-state index contributed by atoms with van der Waals surface area (Å²) in [6, 6.07) is 1.46. The Morgan fingerprint density at radius 1 is 1.42 bits per heavy atom. The number of rotatable bonds is 7. The average molecular weight is 287 g/mol. The lowest BCUT2D eigenvalue weighted by Crippen LogP contribution is -2.33. The number of hydrogen-bond donors (Lipinski definition) is 0. The third kappa shape index (κ3) is 3.99. The largest absolute Gasteiger partial charge is 0.465 e. The number of carbonyl (C=O) groups is 1. The van der Waals surface area contributed by atoms with Gasteiger partial charge in [-0.1, -0.05) is 19.8 Å². The van der Waals surface area contributed by atoms with E-state index in [1.54, 1.807) is 6.92 Å². The lowest BCUT2D eigenvalue weighted by Gasteiger charge is -2.14. The molecule has 0 amide bonds. The van der Waals surface area contributed by atoms with Crippen LogP contribution in [-0.2, 0) is 19.4 Å². The van der Waals surface area contributed by atoms with E-state index in [0.29, 0.717) is 12.8 Å². The quantitative estimate of drug-likeness (QED) is 0.556. The fourth-order valence-corrected chi connectivity index (χ4v) is 2.74. The van der Waals surface area contributed by atoms with E-state index in [9.17, 15) is 13.2 Å². The van der Waals surface area contributed by atoms with Crippen LogP contribution in [0.1, 0.15) is 34.5 Å². The highest BCUT2D eigenvalue weighted by Gasteiger charge is 2.36. The van der Waals surface area contributed by atoms with Gasteiger partial charge in [-0.2, -0.15) is 0 Å². The number of hydrogen-bond acceptors (Lipinski definition) is 6. The molecule has 1 unspecified atom stereocenters. The fraction of sp³-hybridized carbons (Fsp3) is 0.583. The molecule has 0 fully saturated rings. The minimum Gasteiger partial charge on any atom is -0.465 e. The van der Waals surface area contributed by atoms with Crippen LogP contribution in [0.15, 0.2) is 23.6 Å². The molecule has 0 bridgehead atoms. The number of nitrogens with zero attached hydrogens (tertiary/aromatic N) is 2. The summed E-state index contributed by atoms with van der Waals surface area (Å²) in [6.45, 7) is 3.41. The Hall–Kier alpha value is -1.50. The molecule has 0 saturated heterocycles. The zero-order chi connectivity index (χ0) is 15.2. The first-order valence-corrected chi connectivity index (χ1v) is 7.57. The molecule has 0 aliphatic heterocycles. The Labute approximate surface area is 114 Å². The van der Waals surface area contributed by atoms with Gasteiger partial charge in [-0.3, -0.25) is 4.79 Å². The summed E-state index contributed by atoms with van der Waals surface area (Å²) in [4.78, 5) is 19.2. The molecule has 0 N–H and O–H groups in total. The third-order valence-electron chi connectivity index (χ3n) is 2.37. The summed E-state index contributed by atoms with van der Waals surface area (Å²) in [5.74, 6) is -1.08. The predicted octanol–water partition coefficient (Wildman–Crippen LogP) is 1.37. The van der Waals surface area contributed by atoms with Crippen molar-refractivity contribution in [3.05, 3.63) is 18.5 Å². The van der Waals surface area contributed by atoms with Crippen molar-refractivity contribution in [2.75, 3.05) is 6.61 Å². The van der Waals surface area contributed by atoms with Gasteiger partial charge in [0.15, 0.2) is 5.23 Å². The van der Waals surface area contributed by atoms with E-state index >= 15 is 0 Å². The molecule has 1 heterocycles. The summed E-state index contributed by atoms with van der Waals surface area (Å²) in [7, 11) is -4.32. The second-order valence-electron chi connectivity index (χ2n) is 3.78. The summed E-state index contributed by atoms with van der Waals surface area (Å²) in [6.07, 6.45) is 3.43. The topological polar surface area (TPSA) is 86.2 Å². The van der Waals surface area contributed by atoms with Crippen molar-refractivity contribution in [3.63, 3.8) is 0 Å². The molecule has 1 aromatic rings. The fourth-order valence-electron chi connectivity index (χ4n) is 1.43. The van der Waals surface area contributed by atoms with Gasteiger partial charge in [-0.05, 0) is 19.4 Å². The molecule has 0 radical (unpaired) electrons. The first-order chi connectivity index (χ1) is 9.40. The summed E-state index contributed by atoms with van der Waals surface area (Å²) < 4.78 is 37.8. The normalized spacial score (nSPS) is 15.4. The molecule has 0 aliphatic rings. The van der Waals surface area contributed by atoms with E-state index < -0.39 is 26.2 Å². The van der Waals surface area contributed by atoms with Crippen LogP contribution in [0.2, 0.25) is 0 Å². The number of sulfone groups is 1. The molecular weight excluding hydrogens is 268 g/mol. The van der Waals surface area contributed by atoms with Crippen LogP contribution in [0.5, 0.6) is 0 Å². The lowest BCUT2D eigenvalue weighted by atomic mass is 10.2. The highest BCUT2D eigenvalue weighted by molar-refractivity contribution is 7.92. The Kier molecular flexibility index (Phi) is 5.26. The number of carbonyl (C=O) groups excluding carboxylic acids is 1. The van der Waals surface area contributed by atoms with Crippen LogP contribution in [0, 0.1) is 0 Å². The Bertz CT molecular complexity index is 550. The number of unbranched alkanes of at least 4 members (excludes halogenated alkanes) is 1. The van der Waals surface area contributed by atoms with Gasteiger partial charge in [-0.15, -0.1) is 0 Å². The molecule has 7 heteroatoms. The molecule has 0 aromatic carbocycles. The minimum absolute atomic E-state index is 0.0107. The van der Waals surface area contributed by atoms with Crippen molar-refractivity contribution in [2.24, 2.45) is 0 Å². The van der Waals surface area contributed by atoms with E-state index in [0.717, 1.165) is 0 Å².